The summed E-state index contributed by atoms with van der Waals surface area (Å²) >= 11 is 0. The Hall–Kier alpha value is -8.40. The lowest BCUT2D eigenvalue weighted by molar-refractivity contribution is -0.113. The summed E-state index contributed by atoms with van der Waals surface area (Å²) in [4.78, 5) is 61.3. The van der Waals surface area contributed by atoms with Crippen LogP contribution < -0.4 is 30.5 Å². The summed E-state index contributed by atoms with van der Waals surface area (Å²) in [6.07, 6.45) is 7.01. The van der Waals surface area contributed by atoms with Gasteiger partial charge in [-0.15, -0.1) is 0 Å². The number of aromatic nitrogens is 9. The Kier molecular flexibility index (Phi) is 13.0. The lowest BCUT2D eigenvalue weighted by Crippen LogP contribution is -2.49. The number of methoxy groups -OCH3 is 1. The second-order valence-corrected chi connectivity index (χ2v) is 18.2. The summed E-state index contributed by atoms with van der Waals surface area (Å²) in [6.45, 7) is 6.50. The summed E-state index contributed by atoms with van der Waals surface area (Å²) in [7, 11) is 9.47. The number of likely N-dealkylation sites (N-methyl/N-ethyl adjacent to an activating group) is 2. The molecule has 2 aliphatic rings. The Bertz CT molecular complexity index is 3360. The Morgan fingerprint density at radius 1 is 0.958 bits per heavy atom. The van der Waals surface area contributed by atoms with Gasteiger partial charge in [-0.2, -0.15) is 19.6 Å². The Labute approximate surface area is 412 Å². The number of rotatable bonds is 17. The summed E-state index contributed by atoms with van der Waals surface area (Å²) < 4.78 is 43.5. The number of anilines is 6. The van der Waals surface area contributed by atoms with Crippen molar-refractivity contribution in [3.05, 3.63) is 108 Å². The number of imidazole rings is 1. The van der Waals surface area contributed by atoms with Crippen molar-refractivity contribution in [2.75, 3.05) is 99.9 Å². The Morgan fingerprint density at radius 3 is 2.54 bits per heavy atom. The lowest BCUT2D eigenvalue weighted by Gasteiger charge is -2.34. The predicted molar refractivity (Wildman–Crippen MR) is 271 cm³/mol. The summed E-state index contributed by atoms with van der Waals surface area (Å²) in [5.74, 6) is -0.149. The van der Waals surface area contributed by atoms with E-state index in [0.29, 0.717) is 96.3 Å². The predicted octanol–water partition coefficient (Wildman–Crippen LogP) is 6.92. The van der Waals surface area contributed by atoms with Gasteiger partial charge in [-0.05, 0) is 63.2 Å². The molecule has 2 fully saturated rings. The van der Waals surface area contributed by atoms with Crippen LogP contribution in [-0.2, 0) is 23.1 Å². The molecule has 0 atom stereocenters. The number of para-hydroxylation sites is 1. The molecule has 4 N–H and O–H groups in total. The van der Waals surface area contributed by atoms with Gasteiger partial charge in [-0.1, -0.05) is 24.8 Å². The molecule has 0 bridgehead atoms. The van der Waals surface area contributed by atoms with Crippen LogP contribution in [0.1, 0.15) is 30.1 Å². The summed E-state index contributed by atoms with van der Waals surface area (Å²) in [5, 5.41) is 15.2. The average molecular weight is 981 g/mol. The number of aromatic amines is 1. The van der Waals surface area contributed by atoms with Gasteiger partial charge in [-0.3, -0.25) is 4.79 Å². The van der Waals surface area contributed by atoms with Gasteiger partial charge in [0, 0.05) is 99.4 Å². The van der Waals surface area contributed by atoms with Gasteiger partial charge >= 0.3 is 6.09 Å². The molecule has 3 aromatic carbocycles. The van der Waals surface area contributed by atoms with E-state index in [9.17, 15) is 18.4 Å². The number of carbonyl (C=O) groups excluding carboxylic acids is 2. The number of nitrogens with one attached hydrogen (secondary N) is 4. The number of halogens is 2. The fourth-order valence-electron chi connectivity index (χ4n) is 8.70. The average Bonchev–Trinajstić information content (AvgIpc) is 3.84. The fraction of sp³-hybridized carbons (Fsp3) is 0.320. The molecule has 6 heterocycles. The molecule has 22 heteroatoms. The topological polar surface area (TPSA) is 204 Å². The van der Waals surface area contributed by atoms with Crippen LogP contribution in [0.25, 0.3) is 38.8 Å². The fourth-order valence-corrected chi connectivity index (χ4v) is 8.70. The van der Waals surface area contributed by atoms with E-state index in [-0.39, 0.29) is 24.2 Å². The van der Waals surface area contributed by atoms with E-state index in [4.69, 9.17) is 24.4 Å². The molecule has 0 radical (unpaired) electrons. The van der Waals surface area contributed by atoms with Gasteiger partial charge in [0.1, 0.15) is 23.7 Å². The first-order valence-corrected chi connectivity index (χ1v) is 23.5. The second-order valence-electron chi connectivity index (χ2n) is 18.2. The number of piperazine rings is 1. The van der Waals surface area contributed by atoms with Crippen molar-refractivity contribution in [3.63, 3.8) is 0 Å². The molecule has 1 saturated heterocycles. The molecule has 72 heavy (non-hydrogen) atoms. The van der Waals surface area contributed by atoms with Gasteiger partial charge in [-0.25, -0.2) is 28.5 Å². The standard InChI is InChI=1S/C50H54F2N16O4/c1-29(46(69)57-37-23-38(41(71-6)24-40(37)64(4)18-17-63(2)3)59-47-53-16-15-35(58-47)33-27-65(5)39-10-8-7-9-31(33)39)28-72-50(70)67-21-19-66(20-22-67)49-61-45-32(30-11-12-30)25-55-68(45)48(62-49)54-26-42-56-36-14-13-34(51)43(52)44(36)60-42/h7-10,13-16,23-25,27,30H,1,11-12,17-22,26,28H2,2-6H3,(H,56,60)(H,57,69)(H,53,58,59)(H,54,61,62). The van der Waals surface area contributed by atoms with Crippen LogP contribution in [0.2, 0.25) is 0 Å². The number of nitrogens with zero attached hydrogens (tertiary/aromatic N) is 12. The summed E-state index contributed by atoms with van der Waals surface area (Å²) in [5.41, 5.74) is 6.41. The number of hydrogen-bond acceptors (Lipinski definition) is 15. The van der Waals surface area contributed by atoms with Crippen molar-refractivity contribution in [2.24, 2.45) is 7.05 Å². The van der Waals surface area contributed by atoms with Gasteiger partial charge in [0.25, 0.3) is 5.91 Å². The third kappa shape index (κ3) is 9.71. The third-order valence-electron chi connectivity index (χ3n) is 12.9. The lowest BCUT2D eigenvalue weighted by atomic mass is 10.1. The maximum atomic E-state index is 14.4. The molecule has 10 rings (SSSR count). The minimum atomic E-state index is -1.02. The van der Waals surface area contributed by atoms with E-state index in [0.717, 1.165) is 53.2 Å². The van der Waals surface area contributed by atoms with Crippen LogP contribution in [0.5, 0.6) is 5.75 Å². The molecule has 372 valence electrons. The zero-order valence-corrected chi connectivity index (χ0v) is 40.5. The van der Waals surface area contributed by atoms with E-state index < -0.39 is 23.6 Å². The highest BCUT2D eigenvalue weighted by Gasteiger charge is 2.31. The number of carbonyl (C=O) groups is 2. The molecule has 0 spiro atoms. The highest BCUT2D eigenvalue weighted by molar-refractivity contribution is 6.06. The minimum absolute atomic E-state index is 0.0364. The van der Waals surface area contributed by atoms with Crippen LogP contribution >= 0.6 is 0 Å². The van der Waals surface area contributed by atoms with Gasteiger partial charge in [0.15, 0.2) is 17.3 Å². The van der Waals surface area contributed by atoms with Crippen LogP contribution in [0.4, 0.5) is 48.5 Å². The number of hydrogen-bond donors (Lipinski definition) is 4. The summed E-state index contributed by atoms with van der Waals surface area (Å²) in [6, 6.07) is 16.1. The van der Waals surface area contributed by atoms with Crippen molar-refractivity contribution in [1.82, 2.24) is 53.9 Å². The Balaban J connectivity index is 0.796. The van der Waals surface area contributed by atoms with Gasteiger partial charge in [0.05, 0.1) is 48.1 Å². The van der Waals surface area contributed by atoms with Crippen molar-refractivity contribution in [1.29, 1.82) is 0 Å². The normalized spacial score (nSPS) is 13.8. The number of fused-ring (bicyclic) bond motifs is 3. The molecular formula is C50H54F2N16O4. The van der Waals surface area contributed by atoms with E-state index >= 15 is 0 Å². The van der Waals surface area contributed by atoms with Crippen LogP contribution in [0.3, 0.4) is 0 Å². The van der Waals surface area contributed by atoms with Crippen LogP contribution in [0.15, 0.2) is 85.3 Å². The van der Waals surface area contributed by atoms with Crippen molar-refractivity contribution < 1.29 is 27.8 Å². The van der Waals surface area contributed by atoms with E-state index in [1.165, 1.54) is 6.07 Å². The molecular weight excluding hydrogens is 927 g/mol. The first kappa shape index (κ1) is 47.3. The van der Waals surface area contributed by atoms with Crippen molar-refractivity contribution in [3.8, 4) is 17.0 Å². The molecule has 1 aliphatic heterocycles. The van der Waals surface area contributed by atoms with Crippen molar-refractivity contribution >= 4 is 74.5 Å². The minimum Gasteiger partial charge on any atom is -0.494 e. The maximum Gasteiger partial charge on any atom is 0.410 e. The number of H-pyrrole nitrogens is 1. The van der Waals surface area contributed by atoms with E-state index in [1.807, 2.05) is 68.5 Å². The first-order chi connectivity index (χ1) is 34.8. The Morgan fingerprint density at radius 2 is 1.76 bits per heavy atom. The van der Waals surface area contributed by atoms with E-state index in [1.54, 1.807) is 35.0 Å². The smallest absolute Gasteiger partial charge is 0.410 e. The molecule has 1 saturated carbocycles. The zero-order chi connectivity index (χ0) is 50.2. The zero-order valence-electron chi connectivity index (χ0n) is 40.5. The number of benzene rings is 3. The largest absolute Gasteiger partial charge is 0.494 e. The number of amides is 2. The monoisotopic (exact) mass is 980 g/mol. The molecule has 8 aromatic rings. The molecule has 5 aromatic heterocycles. The second kappa shape index (κ2) is 19.8. The maximum absolute atomic E-state index is 14.4. The van der Waals surface area contributed by atoms with Gasteiger partial charge in [0.2, 0.25) is 17.8 Å². The third-order valence-corrected chi connectivity index (χ3v) is 12.9. The van der Waals surface area contributed by atoms with Gasteiger partial charge < -0.3 is 54.6 Å². The highest BCUT2D eigenvalue weighted by atomic mass is 19.2. The molecule has 2 amide bonds. The highest BCUT2D eigenvalue weighted by Crippen LogP contribution is 2.42. The molecule has 0 unspecified atom stereocenters. The van der Waals surface area contributed by atoms with Crippen LogP contribution in [-0.4, -0.2) is 140 Å². The first-order valence-electron chi connectivity index (χ1n) is 23.5. The molecule has 20 nitrogen and oxygen atoms in total. The van der Waals surface area contributed by atoms with Crippen molar-refractivity contribution in [2.45, 2.75) is 25.3 Å². The SMILES string of the molecule is C=C(COC(=O)N1CCN(c2nc(NCc3nc4c(F)c(F)ccc4[nH]3)n3ncc(C4CC4)c3n2)CC1)C(=O)Nc1cc(Nc2nccc(-c3cn(C)c4ccccc34)n2)c(OC)cc1N(C)CCN(C)C. The number of ether oxygens (including phenoxy) is 2. The number of aryl methyl sites for hydroxylation is 1. The van der Waals surface area contributed by atoms with Crippen LogP contribution in [0, 0.1) is 11.6 Å². The quantitative estimate of drug-likeness (QED) is 0.0684. The van der Waals surface area contributed by atoms with E-state index in [2.05, 4.69) is 64.2 Å². The molecule has 1 aliphatic carbocycles.